The molecule has 9 heteroatoms. The lowest BCUT2D eigenvalue weighted by molar-refractivity contribution is -0.131. The van der Waals surface area contributed by atoms with Crippen molar-refractivity contribution >= 4 is 29.4 Å². The highest BCUT2D eigenvalue weighted by atomic mass is 35.5. The quantitative estimate of drug-likeness (QED) is 0.502. The van der Waals surface area contributed by atoms with Gasteiger partial charge in [-0.05, 0) is 61.9 Å². The molecule has 0 aliphatic rings. The minimum atomic E-state index is -0.560. The number of esters is 1. The van der Waals surface area contributed by atoms with E-state index in [-0.39, 0.29) is 19.8 Å². The number of nitrogens with one attached hydrogen (secondary N) is 2. The molecule has 154 valence electrons. The lowest BCUT2D eigenvalue weighted by Crippen LogP contribution is -2.45. The predicted octanol–water partition coefficient (Wildman–Crippen LogP) is 2.43. The van der Waals surface area contributed by atoms with Crippen LogP contribution >= 0.6 is 11.6 Å². The highest BCUT2D eigenvalue weighted by Crippen LogP contribution is 2.21. The lowest BCUT2D eigenvalue weighted by Gasteiger charge is -2.11. The van der Waals surface area contributed by atoms with E-state index in [0.29, 0.717) is 22.1 Å². The lowest BCUT2D eigenvalue weighted by atomic mass is 10.2. The van der Waals surface area contributed by atoms with Crippen molar-refractivity contribution in [1.29, 1.82) is 0 Å². The predicted molar refractivity (Wildman–Crippen MR) is 106 cm³/mol. The number of ether oxygens (including phenoxy) is 3. The number of hydrogen-bond donors (Lipinski definition) is 2. The molecule has 2 amide bonds. The number of rotatable bonds is 8. The monoisotopic (exact) mass is 420 g/mol. The minimum Gasteiger partial charge on any atom is -0.484 e. The largest absolute Gasteiger partial charge is 0.484 e. The van der Waals surface area contributed by atoms with Gasteiger partial charge in [-0.25, -0.2) is 4.79 Å². The van der Waals surface area contributed by atoms with Gasteiger partial charge in [-0.2, -0.15) is 0 Å². The Hall–Kier alpha value is -3.26. The summed E-state index contributed by atoms with van der Waals surface area (Å²) in [6.07, 6.45) is 0. The second-order valence-corrected chi connectivity index (χ2v) is 6.26. The summed E-state index contributed by atoms with van der Waals surface area (Å²) >= 11 is 5.86. The Morgan fingerprint density at radius 2 is 1.55 bits per heavy atom. The van der Waals surface area contributed by atoms with Crippen LogP contribution in [0.15, 0.2) is 42.5 Å². The number of carbonyl (C=O) groups is 3. The summed E-state index contributed by atoms with van der Waals surface area (Å²) in [7, 11) is 0. The molecule has 2 aromatic rings. The summed E-state index contributed by atoms with van der Waals surface area (Å²) in [5.41, 5.74) is 5.62. The van der Waals surface area contributed by atoms with Crippen LogP contribution in [0, 0.1) is 6.92 Å². The fraction of sp³-hybridized carbons (Fsp3) is 0.250. The molecule has 0 bridgehead atoms. The number of carbonyl (C=O) groups excluding carboxylic acids is 3. The average Bonchev–Trinajstić information content (AvgIpc) is 2.70. The third-order valence-corrected chi connectivity index (χ3v) is 3.81. The van der Waals surface area contributed by atoms with E-state index in [1.165, 1.54) is 12.1 Å². The molecule has 0 spiro atoms. The van der Waals surface area contributed by atoms with Crippen molar-refractivity contribution in [2.24, 2.45) is 0 Å². The number of benzene rings is 2. The number of halogens is 1. The standard InChI is InChI=1S/C20H21ClN2O6/c1-3-27-20(26)14-4-7-16(8-5-14)28-11-18(24)22-23-19(25)12-29-17-9-6-15(21)10-13(17)2/h4-10H,3,11-12H2,1-2H3,(H,22,24)(H,23,25). The van der Waals surface area contributed by atoms with Crippen LogP contribution in [0.2, 0.25) is 5.02 Å². The first-order valence-corrected chi connectivity index (χ1v) is 9.13. The summed E-state index contributed by atoms with van der Waals surface area (Å²) < 4.78 is 15.5. The maximum atomic E-state index is 11.8. The number of hydrazine groups is 1. The first kappa shape index (κ1) is 22.0. The molecule has 8 nitrogen and oxygen atoms in total. The SMILES string of the molecule is CCOC(=O)c1ccc(OCC(=O)NNC(=O)COc2ccc(Cl)cc2C)cc1. The molecule has 0 atom stereocenters. The molecule has 29 heavy (non-hydrogen) atoms. The van der Waals surface area contributed by atoms with Gasteiger partial charge in [0, 0.05) is 5.02 Å². The zero-order chi connectivity index (χ0) is 21.2. The summed E-state index contributed by atoms with van der Waals surface area (Å²) in [5.74, 6) is -0.621. The van der Waals surface area contributed by atoms with Crippen LogP contribution < -0.4 is 20.3 Å². The smallest absolute Gasteiger partial charge is 0.338 e. The van der Waals surface area contributed by atoms with Crippen molar-refractivity contribution in [3.8, 4) is 11.5 Å². The van der Waals surface area contributed by atoms with Crippen LogP contribution in [0.3, 0.4) is 0 Å². The maximum Gasteiger partial charge on any atom is 0.338 e. The molecule has 0 saturated heterocycles. The molecule has 0 radical (unpaired) electrons. The average molecular weight is 421 g/mol. The van der Waals surface area contributed by atoms with Gasteiger partial charge in [0.1, 0.15) is 11.5 Å². The summed E-state index contributed by atoms with van der Waals surface area (Å²) in [4.78, 5) is 35.1. The molecule has 2 N–H and O–H groups in total. The van der Waals surface area contributed by atoms with E-state index in [9.17, 15) is 14.4 Å². The molecule has 0 unspecified atom stereocenters. The Bertz CT molecular complexity index is 870. The second kappa shape index (κ2) is 10.9. The fourth-order valence-electron chi connectivity index (χ4n) is 2.18. The van der Waals surface area contributed by atoms with Gasteiger partial charge in [-0.3, -0.25) is 20.4 Å². The highest BCUT2D eigenvalue weighted by Gasteiger charge is 2.09. The number of hydrogen-bond acceptors (Lipinski definition) is 6. The Kier molecular flexibility index (Phi) is 8.29. The molecule has 0 fully saturated rings. The molecule has 2 rings (SSSR count). The Morgan fingerprint density at radius 3 is 2.14 bits per heavy atom. The highest BCUT2D eigenvalue weighted by molar-refractivity contribution is 6.30. The number of amides is 2. The Balaban J connectivity index is 1.69. The van der Waals surface area contributed by atoms with Crippen molar-refractivity contribution in [1.82, 2.24) is 10.9 Å². The van der Waals surface area contributed by atoms with E-state index >= 15 is 0 Å². The summed E-state index contributed by atoms with van der Waals surface area (Å²) in [6.45, 7) is 3.21. The maximum absolute atomic E-state index is 11.8. The van der Waals surface area contributed by atoms with Crippen LogP contribution in [0.25, 0.3) is 0 Å². The van der Waals surface area contributed by atoms with E-state index in [1.54, 1.807) is 44.2 Å². The fourth-order valence-corrected chi connectivity index (χ4v) is 2.41. The second-order valence-electron chi connectivity index (χ2n) is 5.83. The molecular formula is C20H21ClN2O6. The molecular weight excluding hydrogens is 400 g/mol. The number of aryl methyl sites for hydroxylation is 1. The first-order chi connectivity index (χ1) is 13.9. The van der Waals surface area contributed by atoms with Crippen LogP contribution in [0.4, 0.5) is 0 Å². The molecule has 0 aromatic heterocycles. The Labute approximate surface area is 173 Å². The third kappa shape index (κ3) is 7.34. The molecule has 0 saturated carbocycles. The summed E-state index contributed by atoms with van der Waals surface area (Å²) in [6, 6.07) is 11.2. The van der Waals surface area contributed by atoms with Crippen molar-refractivity contribution in [3.63, 3.8) is 0 Å². The van der Waals surface area contributed by atoms with E-state index in [2.05, 4.69) is 10.9 Å². The van der Waals surface area contributed by atoms with Gasteiger partial charge < -0.3 is 14.2 Å². The Morgan fingerprint density at radius 1 is 0.931 bits per heavy atom. The first-order valence-electron chi connectivity index (χ1n) is 8.75. The van der Waals surface area contributed by atoms with Gasteiger partial charge in [0.05, 0.1) is 12.2 Å². The van der Waals surface area contributed by atoms with Crippen LogP contribution in [-0.2, 0) is 14.3 Å². The third-order valence-electron chi connectivity index (χ3n) is 3.57. The van der Waals surface area contributed by atoms with E-state index in [4.69, 9.17) is 25.8 Å². The normalized spacial score (nSPS) is 10.0. The zero-order valence-electron chi connectivity index (χ0n) is 16.0. The van der Waals surface area contributed by atoms with Crippen LogP contribution in [-0.4, -0.2) is 37.6 Å². The molecule has 2 aromatic carbocycles. The molecule has 0 heterocycles. The van der Waals surface area contributed by atoms with Crippen molar-refractivity contribution in [3.05, 3.63) is 58.6 Å². The van der Waals surface area contributed by atoms with Gasteiger partial charge in [0.15, 0.2) is 13.2 Å². The summed E-state index contributed by atoms with van der Waals surface area (Å²) in [5, 5.41) is 0.571. The van der Waals surface area contributed by atoms with Gasteiger partial charge in [0.25, 0.3) is 11.8 Å². The van der Waals surface area contributed by atoms with Gasteiger partial charge >= 0.3 is 5.97 Å². The van der Waals surface area contributed by atoms with Gasteiger partial charge in [-0.15, -0.1) is 0 Å². The van der Waals surface area contributed by atoms with Crippen molar-refractivity contribution < 1.29 is 28.6 Å². The molecule has 0 aliphatic carbocycles. The minimum absolute atomic E-state index is 0.279. The van der Waals surface area contributed by atoms with E-state index < -0.39 is 17.8 Å². The topological polar surface area (TPSA) is 103 Å². The molecule has 0 aliphatic heterocycles. The van der Waals surface area contributed by atoms with Crippen LogP contribution in [0.1, 0.15) is 22.8 Å². The van der Waals surface area contributed by atoms with Crippen molar-refractivity contribution in [2.75, 3.05) is 19.8 Å². The zero-order valence-corrected chi connectivity index (χ0v) is 16.7. The van der Waals surface area contributed by atoms with Gasteiger partial charge in [0.2, 0.25) is 0 Å². The van der Waals surface area contributed by atoms with Crippen molar-refractivity contribution in [2.45, 2.75) is 13.8 Å². The van der Waals surface area contributed by atoms with E-state index in [1.807, 2.05) is 0 Å². The van der Waals surface area contributed by atoms with E-state index in [0.717, 1.165) is 5.56 Å². The van der Waals surface area contributed by atoms with Crippen LogP contribution in [0.5, 0.6) is 11.5 Å². The van der Waals surface area contributed by atoms with Gasteiger partial charge in [-0.1, -0.05) is 11.6 Å².